The van der Waals surface area contributed by atoms with E-state index in [1.54, 1.807) is 0 Å². The average molecular weight is 194 g/mol. The van der Waals surface area contributed by atoms with Crippen LogP contribution in [0.15, 0.2) is 0 Å². The molecule has 1 aliphatic heterocycles. The van der Waals surface area contributed by atoms with E-state index in [9.17, 15) is 5.11 Å². The van der Waals surface area contributed by atoms with Gasteiger partial charge in [-0.05, 0) is 19.6 Å². The zero-order chi connectivity index (χ0) is 9.24. The molecule has 1 unspecified atom stereocenters. The number of hydrogen-bond donors (Lipinski definition) is 1. The fourth-order valence-electron chi connectivity index (χ4n) is 0.870. The SMILES string of the molecule is C[Si](C)(C)OC1(O)CCOOO1. The molecule has 0 saturated carbocycles. The maximum atomic E-state index is 9.59. The molecule has 0 radical (unpaired) electrons. The zero-order valence-electron chi connectivity index (χ0n) is 7.49. The molecule has 12 heavy (non-hydrogen) atoms. The van der Waals surface area contributed by atoms with Crippen LogP contribution in [0.4, 0.5) is 0 Å². The van der Waals surface area contributed by atoms with Crippen molar-refractivity contribution in [3.8, 4) is 0 Å². The average Bonchev–Trinajstić information content (AvgIpc) is 1.83. The van der Waals surface area contributed by atoms with Crippen LogP contribution >= 0.6 is 0 Å². The second-order valence-corrected chi connectivity index (χ2v) is 8.08. The standard InChI is InChI=1S/C6H14O5Si/c1-12(2,3)10-6(7)4-5-8-11-9-6/h7H,4-5H2,1-3H3. The van der Waals surface area contributed by atoms with Crippen molar-refractivity contribution in [2.75, 3.05) is 6.61 Å². The second-order valence-electron chi connectivity index (χ2n) is 3.65. The molecular formula is C6H14O5Si. The Morgan fingerprint density at radius 1 is 1.42 bits per heavy atom. The molecule has 1 saturated heterocycles. The lowest BCUT2D eigenvalue weighted by Crippen LogP contribution is -2.47. The summed E-state index contributed by atoms with van der Waals surface area (Å²) in [5, 5.41) is 13.8. The van der Waals surface area contributed by atoms with Crippen LogP contribution < -0.4 is 0 Å². The minimum Gasteiger partial charge on any atom is -0.368 e. The van der Waals surface area contributed by atoms with Crippen LogP contribution in [-0.2, 0) is 19.2 Å². The van der Waals surface area contributed by atoms with E-state index >= 15 is 0 Å². The Morgan fingerprint density at radius 2 is 2.08 bits per heavy atom. The number of aliphatic hydroxyl groups is 1. The van der Waals surface area contributed by atoms with E-state index in [0.29, 0.717) is 0 Å². The van der Waals surface area contributed by atoms with Crippen molar-refractivity contribution in [1.29, 1.82) is 0 Å². The van der Waals surface area contributed by atoms with E-state index in [-0.39, 0.29) is 13.0 Å². The summed E-state index contributed by atoms with van der Waals surface area (Å²) >= 11 is 0. The second kappa shape index (κ2) is 3.41. The lowest BCUT2D eigenvalue weighted by Gasteiger charge is -2.33. The molecule has 0 aliphatic carbocycles. The highest BCUT2D eigenvalue weighted by Gasteiger charge is 2.39. The highest BCUT2D eigenvalue weighted by atomic mass is 28.4. The number of hydrogen-bond acceptors (Lipinski definition) is 5. The van der Waals surface area contributed by atoms with Gasteiger partial charge in [-0.1, -0.05) is 5.04 Å². The summed E-state index contributed by atoms with van der Waals surface area (Å²) in [5.41, 5.74) is 0. The Bertz CT molecular complexity index is 149. The highest BCUT2D eigenvalue weighted by molar-refractivity contribution is 6.69. The van der Waals surface area contributed by atoms with Gasteiger partial charge in [0.05, 0.1) is 13.0 Å². The zero-order valence-corrected chi connectivity index (χ0v) is 8.49. The van der Waals surface area contributed by atoms with Crippen LogP contribution in [0.25, 0.3) is 0 Å². The monoisotopic (exact) mass is 194 g/mol. The number of rotatable bonds is 2. The van der Waals surface area contributed by atoms with E-state index in [1.165, 1.54) is 0 Å². The Kier molecular flexibility index (Phi) is 2.87. The van der Waals surface area contributed by atoms with Crippen LogP contribution in [0.5, 0.6) is 0 Å². The van der Waals surface area contributed by atoms with Crippen LogP contribution in [0.1, 0.15) is 6.42 Å². The summed E-state index contributed by atoms with van der Waals surface area (Å²) in [6.45, 7) is 6.11. The van der Waals surface area contributed by atoms with E-state index in [1.807, 2.05) is 19.6 Å². The van der Waals surface area contributed by atoms with E-state index in [0.717, 1.165) is 0 Å². The van der Waals surface area contributed by atoms with Gasteiger partial charge in [0.25, 0.3) is 0 Å². The summed E-state index contributed by atoms with van der Waals surface area (Å²) in [5.74, 6) is -1.62. The Hall–Kier alpha value is 0.0169. The van der Waals surface area contributed by atoms with Gasteiger partial charge in [-0.15, -0.1) is 4.89 Å². The molecule has 72 valence electrons. The van der Waals surface area contributed by atoms with Crippen molar-refractivity contribution in [1.82, 2.24) is 0 Å². The van der Waals surface area contributed by atoms with Crippen molar-refractivity contribution in [3.05, 3.63) is 0 Å². The molecule has 1 N–H and O–H groups in total. The first-order valence-corrected chi connectivity index (χ1v) is 7.22. The van der Waals surface area contributed by atoms with Crippen LogP contribution in [0.2, 0.25) is 19.6 Å². The molecule has 5 nitrogen and oxygen atoms in total. The van der Waals surface area contributed by atoms with Crippen LogP contribution in [0, 0.1) is 0 Å². The molecular weight excluding hydrogens is 180 g/mol. The van der Waals surface area contributed by atoms with Gasteiger partial charge in [-0.3, -0.25) is 0 Å². The third kappa shape index (κ3) is 3.17. The van der Waals surface area contributed by atoms with E-state index in [4.69, 9.17) is 4.43 Å². The molecule has 1 rings (SSSR count). The third-order valence-corrected chi connectivity index (χ3v) is 2.11. The van der Waals surface area contributed by atoms with Crippen LogP contribution in [-0.4, -0.2) is 26.0 Å². The largest absolute Gasteiger partial charge is 0.368 e. The van der Waals surface area contributed by atoms with Crippen molar-refractivity contribution in [2.45, 2.75) is 32.0 Å². The first kappa shape index (κ1) is 10.1. The van der Waals surface area contributed by atoms with E-state index < -0.39 is 14.3 Å². The lowest BCUT2D eigenvalue weighted by molar-refractivity contribution is -0.626. The predicted octanol–water partition coefficient (Wildman–Crippen LogP) is 0.767. The third-order valence-electron chi connectivity index (χ3n) is 1.18. The molecule has 1 fully saturated rings. The van der Waals surface area contributed by atoms with Gasteiger partial charge in [-0.25, -0.2) is 4.89 Å². The van der Waals surface area contributed by atoms with Gasteiger partial charge in [-0.2, -0.15) is 0 Å². The molecule has 0 spiro atoms. The molecule has 1 aliphatic rings. The Balaban J connectivity index is 2.47. The Labute approximate surface area is 72.2 Å². The molecule has 0 aromatic carbocycles. The minimum atomic E-state index is -1.83. The summed E-state index contributed by atoms with van der Waals surface area (Å²) in [4.78, 5) is 8.92. The van der Waals surface area contributed by atoms with Gasteiger partial charge in [0.1, 0.15) is 0 Å². The molecule has 0 amide bonds. The van der Waals surface area contributed by atoms with Crippen molar-refractivity contribution >= 4 is 8.32 Å². The van der Waals surface area contributed by atoms with E-state index in [2.05, 4.69) is 14.8 Å². The fourth-order valence-corrected chi connectivity index (χ4v) is 1.96. The quantitative estimate of drug-likeness (QED) is 0.399. The summed E-state index contributed by atoms with van der Waals surface area (Å²) < 4.78 is 5.33. The summed E-state index contributed by atoms with van der Waals surface area (Å²) in [7, 11) is -1.83. The van der Waals surface area contributed by atoms with Gasteiger partial charge in [0.2, 0.25) is 0 Å². The predicted molar refractivity (Wildman–Crippen MR) is 42.1 cm³/mol. The molecule has 0 aromatic rings. The van der Waals surface area contributed by atoms with Gasteiger partial charge < -0.3 is 9.53 Å². The molecule has 0 aromatic heterocycles. The van der Waals surface area contributed by atoms with Crippen molar-refractivity contribution in [3.63, 3.8) is 0 Å². The lowest BCUT2D eigenvalue weighted by atomic mass is 10.4. The topological polar surface area (TPSA) is 57.2 Å². The van der Waals surface area contributed by atoms with Crippen molar-refractivity contribution in [2.24, 2.45) is 0 Å². The minimum absolute atomic E-state index is 0.261. The summed E-state index contributed by atoms with van der Waals surface area (Å²) in [6.07, 6.45) is 0.261. The summed E-state index contributed by atoms with van der Waals surface area (Å²) in [6, 6.07) is 0. The molecule has 0 bridgehead atoms. The first-order chi connectivity index (χ1) is 5.41. The molecule has 1 heterocycles. The smallest absolute Gasteiger partial charge is 0.306 e. The fraction of sp³-hybridized carbons (Fsp3) is 1.00. The van der Waals surface area contributed by atoms with Gasteiger partial charge in [0.15, 0.2) is 8.32 Å². The maximum absolute atomic E-state index is 9.59. The Morgan fingerprint density at radius 3 is 2.50 bits per heavy atom. The van der Waals surface area contributed by atoms with Gasteiger partial charge in [0, 0.05) is 0 Å². The normalized spacial score (nSPS) is 32.0. The van der Waals surface area contributed by atoms with Crippen LogP contribution in [0.3, 0.4) is 0 Å². The van der Waals surface area contributed by atoms with Crippen molar-refractivity contribution < 1.29 is 24.3 Å². The highest BCUT2D eigenvalue weighted by Crippen LogP contribution is 2.23. The van der Waals surface area contributed by atoms with Gasteiger partial charge >= 0.3 is 5.97 Å². The maximum Gasteiger partial charge on any atom is 0.306 e. The molecule has 1 atom stereocenters. The first-order valence-electron chi connectivity index (χ1n) is 3.81. The molecule has 6 heteroatoms.